The number of piperidine rings is 1. The van der Waals surface area contributed by atoms with Gasteiger partial charge in [0.05, 0.1) is 5.84 Å². The number of amides is 1. The van der Waals surface area contributed by atoms with Crippen LogP contribution >= 0.6 is 0 Å². The van der Waals surface area contributed by atoms with Crippen LogP contribution in [-0.4, -0.2) is 35.9 Å². The molecule has 0 aromatic carbocycles. The molecule has 0 aliphatic carbocycles. The van der Waals surface area contributed by atoms with Crippen molar-refractivity contribution in [1.29, 1.82) is 5.41 Å². The molecule has 1 aliphatic heterocycles. The molecule has 1 rings (SSSR count). The maximum absolute atomic E-state index is 11.6. The van der Waals surface area contributed by atoms with Gasteiger partial charge in [-0.15, -0.1) is 0 Å². The molecule has 6 heteroatoms. The largest absolute Gasteiger partial charge is 0.417 e. The van der Waals surface area contributed by atoms with Crippen molar-refractivity contribution < 1.29 is 14.3 Å². The number of hydrogen-bond donors (Lipinski definition) is 2. The lowest BCUT2D eigenvalue weighted by Crippen LogP contribution is -2.49. The molecule has 1 aliphatic rings. The van der Waals surface area contributed by atoms with Gasteiger partial charge in [0.25, 0.3) is 0 Å². The van der Waals surface area contributed by atoms with E-state index < -0.39 is 12.1 Å². The summed E-state index contributed by atoms with van der Waals surface area (Å²) in [6.07, 6.45) is 0.721. The van der Waals surface area contributed by atoms with Crippen LogP contribution in [0.3, 0.4) is 0 Å². The minimum Gasteiger partial charge on any atom is -0.388 e. The summed E-state index contributed by atoms with van der Waals surface area (Å²) in [5.74, 6) is -0.145. The number of rotatable bonds is 2. The highest BCUT2D eigenvalue weighted by Crippen LogP contribution is 2.37. The van der Waals surface area contributed by atoms with Crippen LogP contribution in [0.15, 0.2) is 0 Å². The summed E-state index contributed by atoms with van der Waals surface area (Å²) in [6.45, 7) is 6.33. The number of carbonyl (C=O) groups excluding carboxylic acids is 2. The molecule has 0 saturated carbocycles. The predicted octanol–water partition coefficient (Wildman–Crippen LogP) is 1.34. The van der Waals surface area contributed by atoms with E-state index in [2.05, 4.69) is 4.74 Å². The number of likely N-dealkylation sites (tertiary alicyclic amines) is 1. The summed E-state index contributed by atoms with van der Waals surface area (Å²) in [7, 11) is 0. The van der Waals surface area contributed by atoms with Gasteiger partial charge in [-0.05, 0) is 17.8 Å². The van der Waals surface area contributed by atoms with Crippen LogP contribution < -0.4 is 5.73 Å². The van der Waals surface area contributed by atoms with Crippen molar-refractivity contribution in [3.8, 4) is 0 Å². The molecule has 1 fully saturated rings. The Morgan fingerprint density at radius 2 is 2.11 bits per heavy atom. The number of ether oxygens (including phenoxy) is 1. The third kappa shape index (κ3) is 3.72. The van der Waals surface area contributed by atoms with Crippen molar-refractivity contribution in [2.45, 2.75) is 33.6 Å². The molecule has 1 saturated heterocycles. The van der Waals surface area contributed by atoms with Gasteiger partial charge in [-0.1, -0.05) is 13.8 Å². The third-order valence-electron chi connectivity index (χ3n) is 3.41. The molecule has 0 aromatic heterocycles. The molecule has 0 spiro atoms. The van der Waals surface area contributed by atoms with E-state index in [1.165, 1.54) is 11.8 Å². The van der Waals surface area contributed by atoms with Crippen LogP contribution in [0.2, 0.25) is 0 Å². The van der Waals surface area contributed by atoms with Crippen molar-refractivity contribution in [1.82, 2.24) is 4.90 Å². The topological polar surface area (TPSA) is 96.5 Å². The zero-order valence-corrected chi connectivity index (χ0v) is 11.2. The Hall–Kier alpha value is -1.59. The van der Waals surface area contributed by atoms with E-state index in [4.69, 9.17) is 11.1 Å². The number of amidine groups is 1. The van der Waals surface area contributed by atoms with Gasteiger partial charge < -0.3 is 15.4 Å². The van der Waals surface area contributed by atoms with Crippen LogP contribution in [0.4, 0.5) is 4.79 Å². The van der Waals surface area contributed by atoms with Gasteiger partial charge in [0.1, 0.15) is 0 Å². The minimum absolute atomic E-state index is 0.139. The maximum Gasteiger partial charge on any atom is 0.417 e. The molecular weight excluding hydrogens is 234 g/mol. The minimum atomic E-state index is -0.594. The Kier molecular flexibility index (Phi) is 4.32. The number of nitrogens with two attached hydrogens (primary N) is 1. The highest BCUT2D eigenvalue weighted by molar-refractivity contribution is 5.83. The summed E-state index contributed by atoms with van der Waals surface area (Å²) in [6, 6.07) is 0. The predicted molar refractivity (Wildman–Crippen MR) is 67.2 cm³/mol. The monoisotopic (exact) mass is 255 g/mol. The summed E-state index contributed by atoms with van der Waals surface area (Å²) < 4.78 is 4.58. The van der Waals surface area contributed by atoms with Crippen molar-refractivity contribution in [2.75, 3.05) is 13.1 Å². The van der Waals surface area contributed by atoms with E-state index in [-0.39, 0.29) is 17.2 Å². The number of hydrogen-bond acceptors (Lipinski definition) is 4. The first-order chi connectivity index (χ1) is 8.22. The Morgan fingerprint density at radius 3 is 2.56 bits per heavy atom. The van der Waals surface area contributed by atoms with Crippen LogP contribution in [0, 0.1) is 16.7 Å². The van der Waals surface area contributed by atoms with Crippen molar-refractivity contribution in [2.24, 2.45) is 17.1 Å². The average molecular weight is 255 g/mol. The van der Waals surface area contributed by atoms with Crippen molar-refractivity contribution in [3.63, 3.8) is 0 Å². The smallest absolute Gasteiger partial charge is 0.388 e. The Labute approximate surface area is 107 Å². The van der Waals surface area contributed by atoms with Gasteiger partial charge in [0.2, 0.25) is 0 Å². The zero-order valence-electron chi connectivity index (χ0n) is 11.2. The summed E-state index contributed by atoms with van der Waals surface area (Å²) in [5.41, 5.74) is 5.30. The van der Waals surface area contributed by atoms with E-state index >= 15 is 0 Å². The molecule has 1 atom stereocenters. The second kappa shape index (κ2) is 5.37. The lowest BCUT2D eigenvalue weighted by atomic mass is 9.72. The lowest BCUT2D eigenvalue weighted by Gasteiger charge is -2.43. The van der Waals surface area contributed by atoms with Crippen LogP contribution in [0.1, 0.15) is 33.6 Å². The second-order valence-corrected chi connectivity index (χ2v) is 5.48. The molecule has 1 unspecified atom stereocenters. The first-order valence-electron chi connectivity index (χ1n) is 6.02. The molecule has 6 nitrogen and oxygen atoms in total. The standard InChI is InChI=1S/C12H21N3O3/c1-8(16)18-11(17)15-5-4-9(6-10(13)14)12(2,3)7-15/h9H,4-7H2,1-3H3,(H3,13,14). The number of nitrogens with zero attached hydrogens (tertiary/aromatic N) is 1. The molecule has 1 heterocycles. The van der Waals surface area contributed by atoms with Gasteiger partial charge >= 0.3 is 12.1 Å². The summed E-state index contributed by atoms with van der Waals surface area (Å²) >= 11 is 0. The second-order valence-electron chi connectivity index (χ2n) is 5.48. The number of carbonyl (C=O) groups is 2. The van der Waals surface area contributed by atoms with Crippen molar-refractivity contribution >= 4 is 17.9 Å². The van der Waals surface area contributed by atoms with Crippen molar-refractivity contribution in [3.05, 3.63) is 0 Å². The molecule has 102 valence electrons. The zero-order chi connectivity index (χ0) is 13.9. The fraction of sp³-hybridized carbons (Fsp3) is 0.750. The van der Waals surface area contributed by atoms with Gasteiger partial charge in [0, 0.05) is 26.4 Å². The Balaban J connectivity index is 2.64. The number of nitrogens with one attached hydrogen (secondary N) is 1. The molecule has 18 heavy (non-hydrogen) atoms. The quantitative estimate of drug-likeness (QED) is 0.337. The summed E-state index contributed by atoms with van der Waals surface area (Å²) in [4.78, 5) is 23.9. The van der Waals surface area contributed by atoms with Gasteiger partial charge in [0.15, 0.2) is 0 Å². The van der Waals surface area contributed by atoms with Gasteiger partial charge in [-0.3, -0.25) is 10.2 Å². The van der Waals surface area contributed by atoms with Crippen LogP contribution in [-0.2, 0) is 9.53 Å². The first kappa shape index (κ1) is 14.5. The first-order valence-corrected chi connectivity index (χ1v) is 6.02. The fourth-order valence-electron chi connectivity index (χ4n) is 2.39. The van der Waals surface area contributed by atoms with E-state index in [9.17, 15) is 9.59 Å². The maximum atomic E-state index is 11.6. The average Bonchev–Trinajstić information content (AvgIpc) is 2.19. The SMILES string of the molecule is CC(=O)OC(=O)N1CCC(CC(=N)N)C(C)(C)C1. The third-order valence-corrected chi connectivity index (χ3v) is 3.41. The van der Waals surface area contributed by atoms with Crippen LogP contribution in [0.5, 0.6) is 0 Å². The van der Waals surface area contributed by atoms with Crippen LogP contribution in [0.25, 0.3) is 0 Å². The highest BCUT2D eigenvalue weighted by atomic mass is 16.6. The molecule has 3 N–H and O–H groups in total. The summed E-state index contributed by atoms with van der Waals surface area (Å²) in [5, 5.41) is 7.36. The van der Waals surface area contributed by atoms with Gasteiger partial charge in [-0.25, -0.2) is 4.79 Å². The number of esters is 1. The fourth-order valence-corrected chi connectivity index (χ4v) is 2.39. The molecule has 0 radical (unpaired) electrons. The molecule has 1 amide bonds. The molecular formula is C12H21N3O3. The molecule has 0 bridgehead atoms. The lowest BCUT2D eigenvalue weighted by molar-refractivity contribution is -0.136. The Morgan fingerprint density at radius 1 is 1.50 bits per heavy atom. The van der Waals surface area contributed by atoms with E-state index in [0.29, 0.717) is 19.5 Å². The van der Waals surface area contributed by atoms with E-state index in [0.717, 1.165) is 6.42 Å². The van der Waals surface area contributed by atoms with E-state index in [1.54, 1.807) is 0 Å². The highest BCUT2D eigenvalue weighted by Gasteiger charge is 2.38. The van der Waals surface area contributed by atoms with Gasteiger partial charge in [-0.2, -0.15) is 0 Å². The Bertz CT molecular complexity index is 366. The normalized spacial score (nSPS) is 22.4. The van der Waals surface area contributed by atoms with E-state index in [1.807, 2.05) is 13.8 Å². The molecule has 0 aromatic rings.